The van der Waals surface area contributed by atoms with Crippen molar-refractivity contribution in [3.8, 4) is 0 Å². The molecule has 0 saturated carbocycles. The van der Waals surface area contributed by atoms with Gasteiger partial charge in [0.2, 0.25) is 0 Å². The molecule has 74 valence electrons. The van der Waals surface area contributed by atoms with Gasteiger partial charge in [0.1, 0.15) is 0 Å². The van der Waals surface area contributed by atoms with Crippen LogP contribution < -0.4 is 0 Å². The Kier molecular flexibility index (Phi) is 5.16. The molecule has 0 bridgehead atoms. The SMILES string of the molecule is C=C(/C=C\C=C/C)SC1=CCCC=C1. The van der Waals surface area contributed by atoms with Crippen LogP contribution >= 0.6 is 11.8 Å². The summed E-state index contributed by atoms with van der Waals surface area (Å²) in [5.74, 6) is 0. The molecule has 1 heteroatoms. The van der Waals surface area contributed by atoms with Crippen molar-refractivity contribution < 1.29 is 0 Å². The fourth-order valence-electron chi connectivity index (χ4n) is 1.12. The third-order valence-corrected chi connectivity index (χ3v) is 2.73. The molecule has 0 aromatic heterocycles. The van der Waals surface area contributed by atoms with Crippen LogP contribution in [0.4, 0.5) is 0 Å². The maximum absolute atomic E-state index is 3.99. The lowest BCUT2D eigenvalue weighted by atomic mass is 10.2. The molecule has 1 aliphatic carbocycles. The molecule has 0 spiro atoms. The van der Waals surface area contributed by atoms with Crippen molar-refractivity contribution in [1.82, 2.24) is 0 Å². The minimum absolute atomic E-state index is 1.08. The van der Waals surface area contributed by atoms with Crippen molar-refractivity contribution >= 4 is 11.8 Å². The zero-order valence-corrected chi connectivity index (χ0v) is 9.39. The molecule has 1 rings (SSSR count). The molecule has 0 atom stereocenters. The van der Waals surface area contributed by atoms with E-state index in [4.69, 9.17) is 0 Å². The van der Waals surface area contributed by atoms with Crippen LogP contribution in [0.25, 0.3) is 0 Å². The molecule has 0 unspecified atom stereocenters. The first kappa shape index (κ1) is 11.1. The average Bonchev–Trinajstić information content (AvgIpc) is 2.20. The Morgan fingerprint density at radius 3 is 2.93 bits per heavy atom. The van der Waals surface area contributed by atoms with Gasteiger partial charge in [-0.2, -0.15) is 0 Å². The van der Waals surface area contributed by atoms with E-state index in [1.165, 1.54) is 11.3 Å². The minimum atomic E-state index is 1.08. The van der Waals surface area contributed by atoms with Crippen molar-refractivity contribution in [2.45, 2.75) is 19.8 Å². The van der Waals surface area contributed by atoms with Gasteiger partial charge in [0.25, 0.3) is 0 Å². The summed E-state index contributed by atoms with van der Waals surface area (Å²) >= 11 is 1.73. The second-order valence-electron chi connectivity index (χ2n) is 3.04. The Labute approximate surface area is 90.8 Å². The monoisotopic (exact) mass is 204 g/mol. The average molecular weight is 204 g/mol. The molecule has 0 aromatic rings. The number of allylic oxidation sites excluding steroid dienone is 7. The van der Waals surface area contributed by atoms with Crippen LogP contribution in [0, 0.1) is 0 Å². The molecule has 0 saturated heterocycles. The van der Waals surface area contributed by atoms with Gasteiger partial charge >= 0.3 is 0 Å². The van der Waals surface area contributed by atoms with Gasteiger partial charge in [-0.25, -0.2) is 0 Å². The molecule has 0 aliphatic heterocycles. The highest BCUT2D eigenvalue weighted by Crippen LogP contribution is 2.28. The van der Waals surface area contributed by atoms with Gasteiger partial charge in [-0.05, 0) is 25.8 Å². The molecule has 0 fully saturated rings. The highest BCUT2D eigenvalue weighted by Gasteiger charge is 1.98. The summed E-state index contributed by atoms with van der Waals surface area (Å²) in [6.45, 7) is 5.99. The van der Waals surface area contributed by atoms with Crippen LogP contribution in [0.5, 0.6) is 0 Å². The second-order valence-corrected chi connectivity index (χ2v) is 4.24. The van der Waals surface area contributed by atoms with Crippen molar-refractivity contribution in [1.29, 1.82) is 0 Å². The smallest absolute Gasteiger partial charge is 0.00787 e. The fourth-order valence-corrected chi connectivity index (χ4v) is 1.94. The highest BCUT2D eigenvalue weighted by atomic mass is 32.2. The fraction of sp³-hybridized carbons (Fsp3) is 0.231. The molecule has 0 amide bonds. The van der Waals surface area contributed by atoms with Crippen molar-refractivity contribution in [2.24, 2.45) is 0 Å². The lowest BCUT2D eigenvalue weighted by Crippen LogP contribution is -1.79. The van der Waals surface area contributed by atoms with E-state index in [1.54, 1.807) is 11.8 Å². The minimum Gasteiger partial charge on any atom is -0.0911 e. The van der Waals surface area contributed by atoms with Gasteiger partial charge in [0, 0.05) is 9.81 Å². The Bertz CT molecular complexity index is 303. The first-order chi connectivity index (χ1) is 6.83. The van der Waals surface area contributed by atoms with Gasteiger partial charge in [-0.3, -0.25) is 0 Å². The predicted molar refractivity (Wildman–Crippen MR) is 67.1 cm³/mol. The maximum atomic E-state index is 3.99. The quantitative estimate of drug-likeness (QED) is 0.603. The van der Waals surface area contributed by atoms with Crippen LogP contribution in [-0.2, 0) is 0 Å². The van der Waals surface area contributed by atoms with Crippen LogP contribution in [0.3, 0.4) is 0 Å². The lowest BCUT2D eigenvalue weighted by Gasteiger charge is -2.05. The van der Waals surface area contributed by atoms with Crippen LogP contribution in [0.2, 0.25) is 0 Å². The Hall–Kier alpha value is -0.950. The number of thioether (sulfide) groups is 1. The summed E-state index contributed by atoms with van der Waals surface area (Å²) in [6, 6.07) is 0. The summed E-state index contributed by atoms with van der Waals surface area (Å²) < 4.78 is 0. The van der Waals surface area contributed by atoms with Gasteiger partial charge in [0.15, 0.2) is 0 Å². The molecule has 14 heavy (non-hydrogen) atoms. The van der Waals surface area contributed by atoms with E-state index in [0.29, 0.717) is 0 Å². The van der Waals surface area contributed by atoms with Gasteiger partial charge in [-0.1, -0.05) is 54.8 Å². The van der Waals surface area contributed by atoms with E-state index in [-0.39, 0.29) is 0 Å². The Balaban J connectivity index is 2.40. The predicted octanol–water partition coefficient (Wildman–Crippen LogP) is 4.60. The topological polar surface area (TPSA) is 0 Å². The van der Waals surface area contributed by atoms with E-state index in [1.807, 2.05) is 31.2 Å². The van der Waals surface area contributed by atoms with E-state index in [2.05, 4.69) is 24.8 Å². The molecular formula is C13H16S. The standard InChI is InChI=1S/C13H16S/c1-3-4-6-9-12(2)14-13-10-7-5-8-11-13/h3-4,6-7,9-11H,2,5,8H2,1H3/b4-3-,9-6-. The molecule has 0 nitrogen and oxygen atoms in total. The molecule has 0 aromatic carbocycles. The van der Waals surface area contributed by atoms with Crippen LogP contribution in [0.15, 0.2) is 58.9 Å². The first-order valence-electron chi connectivity index (χ1n) is 4.86. The summed E-state index contributed by atoms with van der Waals surface area (Å²) in [4.78, 5) is 2.40. The van der Waals surface area contributed by atoms with E-state index in [0.717, 1.165) is 11.3 Å². The highest BCUT2D eigenvalue weighted by molar-refractivity contribution is 8.07. The van der Waals surface area contributed by atoms with E-state index < -0.39 is 0 Å². The van der Waals surface area contributed by atoms with Gasteiger partial charge < -0.3 is 0 Å². The van der Waals surface area contributed by atoms with Crippen molar-refractivity contribution in [2.75, 3.05) is 0 Å². The van der Waals surface area contributed by atoms with Crippen molar-refractivity contribution in [3.05, 3.63) is 58.9 Å². The van der Waals surface area contributed by atoms with Crippen molar-refractivity contribution in [3.63, 3.8) is 0 Å². The zero-order valence-electron chi connectivity index (χ0n) is 8.57. The zero-order chi connectivity index (χ0) is 10.2. The summed E-state index contributed by atoms with van der Waals surface area (Å²) in [5, 5.41) is 0. The lowest BCUT2D eigenvalue weighted by molar-refractivity contribution is 1.03. The Morgan fingerprint density at radius 2 is 2.29 bits per heavy atom. The number of hydrogen-bond donors (Lipinski definition) is 0. The summed E-state index contributed by atoms with van der Waals surface area (Å²) in [7, 11) is 0. The Morgan fingerprint density at radius 1 is 1.43 bits per heavy atom. The number of rotatable bonds is 4. The third kappa shape index (κ3) is 4.33. The normalized spacial score (nSPS) is 16.5. The maximum Gasteiger partial charge on any atom is 0.00787 e. The van der Waals surface area contributed by atoms with E-state index in [9.17, 15) is 0 Å². The molecular weight excluding hydrogens is 188 g/mol. The van der Waals surface area contributed by atoms with Gasteiger partial charge in [0.05, 0.1) is 0 Å². The second kappa shape index (κ2) is 6.50. The molecule has 0 N–H and O–H groups in total. The van der Waals surface area contributed by atoms with Crippen LogP contribution in [-0.4, -0.2) is 0 Å². The molecule has 0 heterocycles. The first-order valence-corrected chi connectivity index (χ1v) is 5.67. The molecule has 0 radical (unpaired) electrons. The summed E-state index contributed by atoms with van der Waals surface area (Å²) in [5.41, 5.74) is 0. The number of hydrogen-bond acceptors (Lipinski definition) is 1. The van der Waals surface area contributed by atoms with Gasteiger partial charge in [-0.15, -0.1) is 0 Å². The van der Waals surface area contributed by atoms with E-state index >= 15 is 0 Å². The summed E-state index contributed by atoms with van der Waals surface area (Å²) in [6.07, 6.45) is 17.0. The largest absolute Gasteiger partial charge is 0.0911 e. The van der Waals surface area contributed by atoms with Crippen LogP contribution in [0.1, 0.15) is 19.8 Å². The molecule has 1 aliphatic rings. The third-order valence-electron chi connectivity index (χ3n) is 1.80.